The lowest BCUT2D eigenvalue weighted by Crippen LogP contribution is -2.53. The summed E-state index contributed by atoms with van der Waals surface area (Å²) in [7, 11) is 0. The molecule has 0 spiro atoms. The van der Waals surface area contributed by atoms with Crippen LogP contribution in [0, 0.1) is 0 Å². The normalized spacial score (nSPS) is 20.9. The number of ether oxygens (including phenoxy) is 1. The third-order valence-corrected chi connectivity index (χ3v) is 2.06. The first-order valence-corrected chi connectivity index (χ1v) is 4.68. The van der Waals surface area contributed by atoms with Crippen LogP contribution in [0.4, 0.5) is 17.6 Å². The quantitative estimate of drug-likeness (QED) is 0.734. The molecule has 1 aliphatic heterocycles. The molecule has 1 atom stereocenters. The second kappa shape index (κ2) is 6.97. The lowest BCUT2D eigenvalue weighted by atomic mass is 10.2. The topological polar surface area (TPSA) is 50.4 Å². The van der Waals surface area contributed by atoms with E-state index in [4.69, 9.17) is 4.74 Å². The molecule has 9 heteroatoms. The SMILES string of the molecule is Cl.O=C(NCC(F)(F)C(F)F)C1COCCN1. The highest BCUT2D eigenvalue weighted by molar-refractivity contribution is 5.85. The van der Waals surface area contributed by atoms with E-state index in [0.717, 1.165) is 0 Å². The minimum Gasteiger partial charge on any atom is -0.378 e. The van der Waals surface area contributed by atoms with Crippen molar-refractivity contribution in [2.75, 3.05) is 26.3 Å². The van der Waals surface area contributed by atoms with Crippen LogP contribution in [0.15, 0.2) is 0 Å². The molecular weight excluding hydrogens is 268 g/mol. The van der Waals surface area contributed by atoms with Crippen molar-refractivity contribution >= 4 is 18.3 Å². The Bertz CT molecular complexity index is 250. The number of rotatable bonds is 4. The summed E-state index contributed by atoms with van der Waals surface area (Å²) in [6.07, 6.45) is -3.79. The van der Waals surface area contributed by atoms with E-state index in [2.05, 4.69) is 5.32 Å². The highest BCUT2D eigenvalue weighted by Crippen LogP contribution is 2.21. The van der Waals surface area contributed by atoms with Gasteiger partial charge in [-0.3, -0.25) is 4.79 Å². The molecule has 0 saturated carbocycles. The summed E-state index contributed by atoms with van der Waals surface area (Å²) in [6, 6.07) is -0.762. The van der Waals surface area contributed by atoms with Crippen LogP contribution in [-0.4, -0.2) is 50.6 Å². The number of amides is 1. The van der Waals surface area contributed by atoms with E-state index < -0.39 is 30.8 Å². The van der Waals surface area contributed by atoms with Gasteiger partial charge in [0.15, 0.2) is 0 Å². The van der Waals surface area contributed by atoms with Gasteiger partial charge in [-0.25, -0.2) is 8.78 Å². The Hall–Kier alpha value is -0.600. The number of halogens is 5. The smallest absolute Gasteiger partial charge is 0.324 e. The van der Waals surface area contributed by atoms with Crippen LogP contribution >= 0.6 is 12.4 Å². The van der Waals surface area contributed by atoms with E-state index in [9.17, 15) is 22.4 Å². The molecule has 1 aliphatic rings. The fraction of sp³-hybridized carbons (Fsp3) is 0.875. The third-order valence-electron chi connectivity index (χ3n) is 2.06. The molecule has 102 valence electrons. The molecule has 17 heavy (non-hydrogen) atoms. The average Bonchev–Trinajstić information content (AvgIpc) is 2.27. The lowest BCUT2D eigenvalue weighted by Gasteiger charge is -2.24. The Balaban J connectivity index is 0.00000256. The van der Waals surface area contributed by atoms with Gasteiger partial charge in [0, 0.05) is 6.54 Å². The second-order valence-electron chi connectivity index (χ2n) is 3.36. The van der Waals surface area contributed by atoms with Crippen molar-refractivity contribution in [1.82, 2.24) is 10.6 Å². The van der Waals surface area contributed by atoms with Gasteiger partial charge in [-0.1, -0.05) is 0 Å². The molecule has 4 nitrogen and oxygen atoms in total. The van der Waals surface area contributed by atoms with Crippen molar-refractivity contribution in [2.24, 2.45) is 0 Å². The molecule has 0 aromatic heterocycles. The zero-order valence-corrected chi connectivity index (χ0v) is 9.54. The maximum Gasteiger partial charge on any atom is 0.324 e. The molecule has 1 amide bonds. The average molecular weight is 281 g/mol. The first kappa shape index (κ1) is 16.4. The molecule has 0 radical (unpaired) electrons. The van der Waals surface area contributed by atoms with Gasteiger partial charge in [0.05, 0.1) is 19.8 Å². The van der Waals surface area contributed by atoms with E-state index in [1.807, 2.05) is 0 Å². The Kier molecular flexibility index (Phi) is 6.73. The zero-order chi connectivity index (χ0) is 12.2. The summed E-state index contributed by atoms with van der Waals surface area (Å²) in [5.74, 6) is -4.97. The Morgan fingerprint density at radius 3 is 2.65 bits per heavy atom. The predicted octanol–water partition coefficient (Wildman–Crippen LogP) is 0.413. The fourth-order valence-corrected chi connectivity index (χ4v) is 1.14. The maximum absolute atomic E-state index is 12.5. The molecule has 2 N–H and O–H groups in total. The highest BCUT2D eigenvalue weighted by atomic mass is 35.5. The summed E-state index contributed by atoms with van der Waals surface area (Å²) in [5, 5.41) is 4.48. The van der Waals surface area contributed by atoms with Crippen molar-refractivity contribution in [3.63, 3.8) is 0 Å². The van der Waals surface area contributed by atoms with Gasteiger partial charge < -0.3 is 15.4 Å². The fourth-order valence-electron chi connectivity index (χ4n) is 1.14. The number of morpholine rings is 1. The van der Waals surface area contributed by atoms with Gasteiger partial charge in [0.1, 0.15) is 6.04 Å². The van der Waals surface area contributed by atoms with Gasteiger partial charge in [0.25, 0.3) is 0 Å². The van der Waals surface area contributed by atoms with Crippen LogP contribution < -0.4 is 10.6 Å². The largest absolute Gasteiger partial charge is 0.378 e. The minimum absolute atomic E-state index is 0. The van der Waals surface area contributed by atoms with Crippen LogP contribution in [-0.2, 0) is 9.53 Å². The van der Waals surface area contributed by atoms with Gasteiger partial charge in [-0.05, 0) is 0 Å². The monoisotopic (exact) mass is 280 g/mol. The van der Waals surface area contributed by atoms with E-state index in [-0.39, 0.29) is 19.0 Å². The molecule has 1 saturated heterocycles. The predicted molar refractivity (Wildman–Crippen MR) is 53.8 cm³/mol. The van der Waals surface area contributed by atoms with E-state index in [1.165, 1.54) is 0 Å². The van der Waals surface area contributed by atoms with Crippen LogP contribution in [0.25, 0.3) is 0 Å². The van der Waals surface area contributed by atoms with Crippen LogP contribution in [0.3, 0.4) is 0 Å². The Labute approximate surface area is 101 Å². The van der Waals surface area contributed by atoms with Crippen LogP contribution in [0.2, 0.25) is 0 Å². The van der Waals surface area contributed by atoms with Crippen molar-refractivity contribution in [3.8, 4) is 0 Å². The van der Waals surface area contributed by atoms with Gasteiger partial charge in [0.2, 0.25) is 5.91 Å². The van der Waals surface area contributed by atoms with E-state index in [0.29, 0.717) is 13.2 Å². The number of hydrogen-bond acceptors (Lipinski definition) is 3. The number of alkyl halides is 4. The van der Waals surface area contributed by atoms with Crippen molar-refractivity contribution in [1.29, 1.82) is 0 Å². The van der Waals surface area contributed by atoms with E-state index in [1.54, 1.807) is 5.32 Å². The molecule has 1 fully saturated rings. The molecular formula is C8H13ClF4N2O2. The highest BCUT2D eigenvalue weighted by Gasteiger charge is 2.41. The standard InChI is InChI=1S/C8H12F4N2O2.ClH/c9-7(10)8(11,12)4-14-6(15)5-3-16-2-1-13-5;/h5,7,13H,1-4H2,(H,14,15);1H. The number of carbonyl (C=O) groups is 1. The molecule has 1 unspecified atom stereocenters. The first-order valence-electron chi connectivity index (χ1n) is 4.68. The van der Waals surface area contributed by atoms with Crippen molar-refractivity contribution in [2.45, 2.75) is 18.4 Å². The molecule has 1 heterocycles. The summed E-state index contributed by atoms with van der Waals surface area (Å²) in [4.78, 5) is 11.2. The second-order valence-corrected chi connectivity index (χ2v) is 3.36. The molecule has 0 aromatic carbocycles. The van der Waals surface area contributed by atoms with Gasteiger partial charge in [-0.2, -0.15) is 8.78 Å². The Morgan fingerprint density at radius 1 is 1.53 bits per heavy atom. The van der Waals surface area contributed by atoms with Crippen molar-refractivity contribution in [3.05, 3.63) is 0 Å². The molecule has 0 aromatic rings. The maximum atomic E-state index is 12.5. The summed E-state index contributed by atoms with van der Waals surface area (Å²) >= 11 is 0. The molecule has 0 bridgehead atoms. The Morgan fingerprint density at radius 2 is 2.18 bits per heavy atom. The molecule has 1 rings (SSSR count). The summed E-state index contributed by atoms with van der Waals surface area (Å²) < 4.78 is 53.4. The lowest BCUT2D eigenvalue weighted by molar-refractivity contribution is -0.139. The zero-order valence-electron chi connectivity index (χ0n) is 8.72. The third kappa shape index (κ3) is 5.05. The minimum atomic E-state index is -4.20. The van der Waals surface area contributed by atoms with Crippen LogP contribution in [0.5, 0.6) is 0 Å². The number of nitrogens with one attached hydrogen (secondary N) is 2. The first-order chi connectivity index (χ1) is 7.43. The van der Waals surface area contributed by atoms with E-state index >= 15 is 0 Å². The van der Waals surface area contributed by atoms with Gasteiger partial charge in [-0.15, -0.1) is 12.4 Å². The van der Waals surface area contributed by atoms with Crippen LogP contribution in [0.1, 0.15) is 0 Å². The number of hydrogen-bond donors (Lipinski definition) is 2. The molecule has 0 aliphatic carbocycles. The summed E-state index contributed by atoms with van der Waals surface area (Å²) in [5.41, 5.74) is 0. The van der Waals surface area contributed by atoms with Gasteiger partial charge >= 0.3 is 12.3 Å². The number of carbonyl (C=O) groups excluding carboxylic acids is 1. The van der Waals surface area contributed by atoms with Crippen molar-refractivity contribution < 1.29 is 27.1 Å². The summed E-state index contributed by atoms with van der Waals surface area (Å²) in [6.45, 7) is -0.478.